The molecule has 10 heteroatoms. The zero-order chi connectivity index (χ0) is 22.9. The van der Waals surface area contributed by atoms with Gasteiger partial charge < -0.3 is 14.5 Å². The molecule has 5 heterocycles. The normalized spacial score (nSPS) is 17.9. The predicted octanol–water partition coefficient (Wildman–Crippen LogP) is 2.23. The molecule has 2 aliphatic rings. The van der Waals surface area contributed by atoms with E-state index in [1.165, 1.54) is 5.56 Å². The Morgan fingerprint density at radius 3 is 2.55 bits per heavy atom. The first kappa shape index (κ1) is 22.2. The highest BCUT2D eigenvalue weighted by atomic mass is 32.1. The molecular weight excluding hydrogens is 438 g/mol. The van der Waals surface area contributed by atoms with Crippen LogP contribution in [-0.4, -0.2) is 87.9 Å². The molecule has 2 aliphatic heterocycles. The first-order chi connectivity index (χ1) is 16.0. The highest BCUT2D eigenvalue weighted by Crippen LogP contribution is 2.35. The van der Waals surface area contributed by atoms with Crippen molar-refractivity contribution in [3.8, 4) is 11.3 Å². The summed E-state index contributed by atoms with van der Waals surface area (Å²) in [4.78, 5) is 29.0. The molecule has 0 radical (unpaired) electrons. The number of piperazine rings is 1. The number of amides is 1. The minimum absolute atomic E-state index is 0.0542. The van der Waals surface area contributed by atoms with Crippen LogP contribution in [0.15, 0.2) is 17.8 Å². The van der Waals surface area contributed by atoms with Crippen molar-refractivity contribution in [1.82, 2.24) is 29.5 Å². The van der Waals surface area contributed by atoms with Crippen LogP contribution in [0.3, 0.4) is 0 Å². The van der Waals surface area contributed by atoms with Crippen LogP contribution in [-0.2, 0) is 23.1 Å². The first-order valence-corrected chi connectivity index (χ1v) is 12.5. The smallest absolute Gasteiger partial charge is 0.226 e. The maximum atomic E-state index is 12.3. The summed E-state index contributed by atoms with van der Waals surface area (Å²) in [5.74, 6) is 1.06. The monoisotopic (exact) mass is 469 g/mol. The summed E-state index contributed by atoms with van der Waals surface area (Å²) >= 11 is 1.70. The maximum Gasteiger partial charge on any atom is 0.226 e. The summed E-state index contributed by atoms with van der Waals surface area (Å²) in [5, 5.41) is 6.58. The van der Waals surface area contributed by atoms with Gasteiger partial charge in [0.2, 0.25) is 11.9 Å². The van der Waals surface area contributed by atoms with E-state index < -0.39 is 0 Å². The number of carbonyl (C=O) groups excluding carboxylic acids is 1. The van der Waals surface area contributed by atoms with E-state index in [1.807, 2.05) is 42.9 Å². The Bertz CT molecular complexity index is 1130. The van der Waals surface area contributed by atoms with Crippen molar-refractivity contribution in [3.05, 3.63) is 23.3 Å². The van der Waals surface area contributed by atoms with E-state index in [0.717, 1.165) is 73.2 Å². The van der Waals surface area contributed by atoms with E-state index in [4.69, 9.17) is 14.7 Å². The first-order valence-electron chi connectivity index (χ1n) is 11.6. The zero-order valence-electron chi connectivity index (χ0n) is 19.5. The van der Waals surface area contributed by atoms with Crippen LogP contribution in [0.4, 0.5) is 5.95 Å². The molecule has 1 amide bonds. The van der Waals surface area contributed by atoms with E-state index in [-0.39, 0.29) is 11.8 Å². The van der Waals surface area contributed by atoms with E-state index in [0.29, 0.717) is 13.2 Å². The van der Waals surface area contributed by atoms with Crippen molar-refractivity contribution in [2.75, 3.05) is 57.4 Å². The van der Waals surface area contributed by atoms with Crippen molar-refractivity contribution >= 4 is 33.4 Å². The Morgan fingerprint density at radius 1 is 1.12 bits per heavy atom. The van der Waals surface area contributed by atoms with Gasteiger partial charge in [0.25, 0.3) is 0 Å². The van der Waals surface area contributed by atoms with Gasteiger partial charge in [0.1, 0.15) is 0 Å². The Kier molecular flexibility index (Phi) is 6.31. The third-order valence-corrected chi connectivity index (χ3v) is 7.35. The Balaban J connectivity index is 1.43. The number of anilines is 1. The van der Waals surface area contributed by atoms with Crippen molar-refractivity contribution in [1.29, 1.82) is 0 Å². The van der Waals surface area contributed by atoms with Crippen LogP contribution in [0.5, 0.6) is 0 Å². The number of rotatable bonds is 5. The standard InChI is InChI=1S/C23H31N7O2S/c1-16(2)22(31)29-6-4-28(5-7-29)14-18-15-33-21-19(17-12-24-27(3)13-17)25-23(26-20(18)21)30-8-10-32-11-9-30/h12-13,15-16H,4-11,14H2,1-3H3. The fraction of sp³-hybridized carbons (Fsp3) is 0.565. The highest BCUT2D eigenvalue weighted by molar-refractivity contribution is 7.17. The number of thiophene rings is 1. The number of aromatic nitrogens is 4. The molecule has 9 nitrogen and oxygen atoms in total. The number of nitrogens with zero attached hydrogens (tertiary/aromatic N) is 7. The van der Waals surface area contributed by atoms with Crippen LogP contribution >= 0.6 is 11.3 Å². The number of ether oxygens (including phenoxy) is 1. The summed E-state index contributed by atoms with van der Waals surface area (Å²) in [5.41, 5.74) is 4.20. The van der Waals surface area contributed by atoms with Gasteiger partial charge in [0.15, 0.2) is 0 Å². The molecule has 0 aromatic carbocycles. The van der Waals surface area contributed by atoms with E-state index >= 15 is 0 Å². The van der Waals surface area contributed by atoms with Gasteiger partial charge in [0, 0.05) is 76.1 Å². The molecule has 2 fully saturated rings. The molecule has 0 unspecified atom stereocenters. The molecule has 33 heavy (non-hydrogen) atoms. The van der Waals surface area contributed by atoms with Crippen LogP contribution < -0.4 is 4.90 Å². The van der Waals surface area contributed by atoms with Gasteiger partial charge in [-0.2, -0.15) is 5.10 Å². The van der Waals surface area contributed by atoms with Gasteiger partial charge in [-0.15, -0.1) is 11.3 Å². The number of carbonyl (C=O) groups is 1. The van der Waals surface area contributed by atoms with Crippen molar-refractivity contribution < 1.29 is 9.53 Å². The third-order valence-electron chi connectivity index (χ3n) is 6.32. The molecule has 0 bridgehead atoms. The lowest BCUT2D eigenvalue weighted by Crippen LogP contribution is -2.49. The number of aryl methyl sites for hydroxylation is 1. The van der Waals surface area contributed by atoms with Crippen LogP contribution in [0.2, 0.25) is 0 Å². The molecule has 0 spiro atoms. The van der Waals surface area contributed by atoms with Gasteiger partial charge in [-0.1, -0.05) is 13.8 Å². The minimum atomic E-state index is 0.0542. The Morgan fingerprint density at radius 2 is 1.88 bits per heavy atom. The van der Waals surface area contributed by atoms with Gasteiger partial charge in [-0.25, -0.2) is 9.97 Å². The number of fused-ring (bicyclic) bond motifs is 1. The summed E-state index contributed by atoms with van der Waals surface area (Å²) in [6, 6.07) is 0. The molecule has 3 aromatic rings. The zero-order valence-corrected chi connectivity index (χ0v) is 20.3. The summed E-state index contributed by atoms with van der Waals surface area (Å²) in [6.07, 6.45) is 3.88. The molecule has 0 atom stereocenters. The average molecular weight is 470 g/mol. The Labute approximate surface area is 198 Å². The van der Waals surface area contributed by atoms with Crippen LogP contribution in [0, 0.1) is 5.92 Å². The van der Waals surface area contributed by atoms with Gasteiger partial charge in [-0.05, 0) is 5.38 Å². The fourth-order valence-corrected chi connectivity index (χ4v) is 5.45. The van der Waals surface area contributed by atoms with Crippen LogP contribution in [0.1, 0.15) is 19.4 Å². The molecule has 176 valence electrons. The van der Waals surface area contributed by atoms with E-state index in [9.17, 15) is 4.79 Å². The lowest BCUT2D eigenvalue weighted by Gasteiger charge is -2.35. The minimum Gasteiger partial charge on any atom is -0.378 e. The molecule has 5 rings (SSSR count). The Hall–Kier alpha value is -2.56. The quantitative estimate of drug-likeness (QED) is 0.567. The maximum absolute atomic E-state index is 12.3. The van der Waals surface area contributed by atoms with Gasteiger partial charge in [0.05, 0.1) is 35.3 Å². The van der Waals surface area contributed by atoms with Crippen LogP contribution in [0.25, 0.3) is 21.5 Å². The van der Waals surface area contributed by atoms with E-state index in [1.54, 1.807) is 11.3 Å². The number of hydrogen-bond donors (Lipinski definition) is 0. The lowest BCUT2D eigenvalue weighted by molar-refractivity contribution is -0.136. The van der Waals surface area contributed by atoms with E-state index in [2.05, 4.69) is 20.3 Å². The lowest BCUT2D eigenvalue weighted by atomic mass is 10.1. The summed E-state index contributed by atoms with van der Waals surface area (Å²) in [7, 11) is 1.92. The molecule has 0 N–H and O–H groups in total. The summed E-state index contributed by atoms with van der Waals surface area (Å²) in [6.45, 7) is 11.1. The second-order valence-electron chi connectivity index (χ2n) is 9.07. The summed E-state index contributed by atoms with van der Waals surface area (Å²) < 4.78 is 8.44. The fourth-order valence-electron chi connectivity index (χ4n) is 4.44. The second-order valence-corrected chi connectivity index (χ2v) is 9.95. The second kappa shape index (κ2) is 9.36. The molecule has 0 aliphatic carbocycles. The molecular formula is C23H31N7O2S. The van der Waals surface area contributed by atoms with Gasteiger partial charge >= 0.3 is 0 Å². The molecule has 3 aromatic heterocycles. The van der Waals surface area contributed by atoms with Crippen molar-refractivity contribution in [2.24, 2.45) is 13.0 Å². The predicted molar refractivity (Wildman–Crippen MR) is 129 cm³/mol. The number of hydrogen-bond acceptors (Lipinski definition) is 8. The molecule has 0 saturated carbocycles. The largest absolute Gasteiger partial charge is 0.378 e. The third kappa shape index (κ3) is 4.60. The van der Waals surface area contributed by atoms with Crippen molar-refractivity contribution in [2.45, 2.75) is 20.4 Å². The average Bonchev–Trinajstić information content (AvgIpc) is 3.45. The number of morpholine rings is 1. The van der Waals surface area contributed by atoms with Crippen molar-refractivity contribution in [3.63, 3.8) is 0 Å². The SMILES string of the molecule is CC(C)C(=O)N1CCN(Cc2csc3c(-c4cnn(C)c4)nc(N4CCOCC4)nc23)CC1. The van der Waals surface area contributed by atoms with Gasteiger partial charge in [-0.3, -0.25) is 14.4 Å². The molecule has 2 saturated heterocycles. The topological polar surface area (TPSA) is 79.6 Å². The highest BCUT2D eigenvalue weighted by Gasteiger charge is 2.25.